The van der Waals surface area contributed by atoms with E-state index in [1.807, 2.05) is 36.5 Å². The molecular weight excluding hydrogens is 326 g/mol. The quantitative estimate of drug-likeness (QED) is 0.679. The first-order valence-corrected chi connectivity index (χ1v) is 8.76. The molecule has 0 bridgehead atoms. The van der Waals surface area contributed by atoms with Crippen molar-refractivity contribution in [2.45, 2.75) is 26.8 Å². The Morgan fingerprint density at radius 3 is 2.70 bits per heavy atom. The predicted molar refractivity (Wildman–Crippen MR) is 98.2 cm³/mol. The van der Waals surface area contributed by atoms with Gasteiger partial charge >= 0.3 is 0 Å². The molecule has 0 spiro atoms. The van der Waals surface area contributed by atoms with Gasteiger partial charge < -0.3 is 5.32 Å². The molecule has 0 radical (unpaired) electrons. The van der Waals surface area contributed by atoms with Crippen molar-refractivity contribution in [1.29, 1.82) is 0 Å². The Morgan fingerprint density at radius 2 is 1.96 bits per heavy atom. The molecule has 3 nitrogen and oxygen atoms in total. The van der Waals surface area contributed by atoms with Crippen molar-refractivity contribution >= 4 is 28.6 Å². The van der Waals surface area contributed by atoms with Gasteiger partial charge in [-0.25, -0.2) is 4.98 Å². The van der Waals surface area contributed by atoms with Crippen molar-refractivity contribution in [3.63, 3.8) is 0 Å². The molecule has 0 aliphatic heterocycles. The molecule has 118 valence electrons. The third-order valence-corrected chi connectivity index (χ3v) is 5.07. The fourth-order valence-corrected chi connectivity index (χ4v) is 3.39. The van der Waals surface area contributed by atoms with Crippen molar-refractivity contribution in [3.8, 4) is 10.6 Å². The minimum Gasteiger partial charge on any atom is -0.380 e. The molecule has 0 fully saturated rings. The topological polar surface area (TPSA) is 37.8 Å². The predicted octanol–water partition coefficient (Wildman–Crippen LogP) is 5.34. The summed E-state index contributed by atoms with van der Waals surface area (Å²) in [4.78, 5) is 10.3. The van der Waals surface area contributed by atoms with Crippen LogP contribution in [0.1, 0.15) is 23.2 Å². The first-order valence-electron chi connectivity index (χ1n) is 7.56. The van der Waals surface area contributed by atoms with Gasteiger partial charge in [-0.3, -0.25) is 4.98 Å². The van der Waals surface area contributed by atoms with Crippen molar-refractivity contribution < 1.29 is 0 Å². The van der Waals surface area contributed by atoms with Gasteiger partial charge in [0.05, 0.1) is 12.2 Å². The second kappa shape index (κ2) is 7.11. The van der Waals surface area contributed by atoms with Crippen LogP contribution in [0, 0.1) is 6.92 Å². The molecule has 0 unspecified atom stereocenters. The molecule has 0 saturated heterocycles. The summed E-state index contributed by atoms with van der Waals surface area (Å²) < 4.78 is 0. The average Bonchev–Trinajstić information content (AvgIpc) is 2.95. The maximum Gasteiger partial charge on any atom is 0.124 e. The fraction of sp³-hybridized carbons (Fsp3) is 0.222. The summed E-state index contributed by atoms with van der Waals surface area (Å²) in [5.41, 5.74) is 4.36. The summed E-state index contributed by atoms with van der Waals surface area (Å²) in [5.74, 6) is 0. The zero-order valence-electron chi connectivity index (χ0n) is 13.1. The standard InChI is InChI=1S/C18H18ClN3S/c1-3-15-10-13(8-9-20-15)18-22-12(2)17(23-18)11-21-16-6-4-14(19)5-7-16/h4-10,21H,3,11H2,1-2H3. The van der Waals surface area contributed by atoms with Crippen LogP contribution in [0.25, 0.3) is 10.6 Å². The van der Waals surface area contributed by atoms with E-state index in [-0.39, 0.29) is 0 Å². The van der Waals surface area contributed by atoms with Gasteiger partial charge in [-0.2, -0.15) is 0 Å². The van der Waals surface area contributed by atoms with Crippen molar-refractivity contribution in [2.75, 3.05) is 5.32 Å². The highest BCUT2D eigenvalue weighted by atomic mass is 35.5. The van der Waals surface area contributed by atoms with Crippen molar-refractivity contribution in [1.82, 2.24) is 9.97 Å². The lowest BCUT2D eigenvalue weighted by Crippen LogP contribution is -1.98. The summed E-state index contributed by atoms with van der Waals surface area (Å²) in [6, 6.07) is 11.9. The van der Waals surface area contributed by atoms with E-state index in [0.29, 0.717) is 0 Å². The summed E-state index contributed by atoms with van der Waals surface area (Å²) in [6.07, 6.45) is 2.79. The Balaban J connectivity index is 1.76. The third-order valence-electron chi connectivity index (χ3n) is 3.62. The smallest absolute Gasteiger partial charge is 0.124 e. The molecule has 1 aromatic carbocycles. The van der Waals surface area contributed by atoms with Crippen LogP contribution in [0.5, 0.6) is 0 Å². The third kappa shape index (κ3) is 3.89. The number of halogens is 1. The normalized spacial score (nSPS) is 10.7. The summed E-state index contributed by atoms with van der Waals surface area (Å²) >= 11 is 7.64. The van der Waals surface area contributed by atoms with E-state index in [0.717, 1.165) is 45.6 Å². The van der Waals surface area contributed by atoms with Crippen LogP contribution in [0.3, 0.4) is 0 Å². The van der Waals surface area contributed by atoms with E-state index in [1.54, 1.807) is 11.3 Å². The molecule has 2 aromatic heterocycles. The van der Waals surface area contributed by atoms with E-state index in [1.165, 1.54) is 4.88 Å². The van der Waals surface area contributed by atoms with Crippen LogP contribution in [0.2, 0.25) is 5.02 Å². The number of thiazole rings is 1. The highest BCUT2D eigenvalue weighted by Crippen LogP contribution is 2.28. The first kappa shape index (κ1) is 16.0. The molecule has 0 aliphatic carbocycles. The molecule has 3 rings (SSSR count). The van der Waals surface area contributed by atoms with Crippen molar-refractivity contribution in [3.05, 3.63) is 63.9 Å². The number of anilines is 1. The van der Waals surface area contributed by atoms with Gasteiger partial charge in [0.2, 0.25) is 0 Å². The molecule has 3 aromatic rings. The van der Waals surface area contributed by atoms with Gasteiger partial charge in [-0.1, -0.05) is 18.5 Å². The highest BCUT2D eigenvalue weighted by Gasteiger charge is 2.10. The number of aromatic nitrogens is 2. The van der Waals surface area contributed by atoms with Crippen LogP contribution in [-0.2, 0) is 13.0 Å². The molecule has 2 heterocycles. The Bertz CT molecular complexity index is 796. The number of nitrogens with one attached hydrogen (secondary N) is 1. The lowest BCUT2D eigenvalue weighted by molar-refractivity contribution is 1.04. The number of pyridine rings is 1. The number of rotatable bonds is 5. The SMILES string of the molecule is CCc1cc(-c2nc(C)c(CNc3ccc(Cl)cc3)s2)ccn1. The molecule has 23 heavy (non-hydrogen) atoms. The van der Waals surface area contributed by atoms with E-state index in [2.05, 4.69) is 30.2 Å². The zero-order chi connectivity index (χ0) is 16.2. The lowest BCUT2D eigenvalue weighted by atomic mass is 10.2. The molecule has 0 amide bonds. The van der Waals surface area contributed by atoms with E-state index in [9.17, 15) is 0 Å². The number of hydrogen-bond donors (Lipinski definition) is 1. The Labute approximate surface area is 145 Å². The second-order valence-electron chi connectivity index (χ2n) is 5.28. The molecule has 0 aliphatic rings. The van der Waals surface area contributed by atoms with E-state index in [4.69, 9.17) is 16.6 Å². The minimum atomic E-state index is 0.747. The van der Waals surface area contributed by atoms with Crippen LogP contribution in [0.15, 0.2) is 42.6 Å². The molecular formula is C18H18ClN3S. The number of hydrogen-bond acceptors (Lipinski definition) is 4. The summed E-state index contributed by atoms with van der Waals surface area (Å²) in [5, 5.41) is 5.21. The van der Waals surface area contributed by atoms with Gasteiger partial charge in [0.25, 0.3) is 0 Å². The summed E-state index contributed by atoms with van der Waals surface area (Å²) in [6.45, 7) is 4.93. The first-order chi connectivity index (χ1) is 11.2. The Hall–Kier alpha value is -1.91. The second-order valence-corrected chi connectivity index (χ2v) is 6.80. The average molecular weight is 344 g/mol. The van der Waals surface area contributed by atoms with Gasteiger partial charge in [-0.15, -0.1) is 11.3 Å². The maximum absolute atomic E-state index is 5.91. The molecule has 0 atom stereocenters. The monoisotopic (exact) mass is 343 g/mol. The zero-order valence-corrected chi connectivity index (χ0v) is 14.7. The largest absolute Gasteiger partial charge is 0.380 e. The van der Waals surface area contributed by atoms with Gasteiger partial charge in [0.1, 0.15) is 5.01 Å². The minimum absolute atomic E-state index is 0.747. The Kier molecular flexibility index (Phi) is 4.94. The Morgan fingerprint density at radius 1 is 1.17 bits per heavy atom. The maximum atomic E-state index is 5.91. The van der Waals surface area contributed by atoms with Gasteiger partial charge in [-0.05, 0) is 49.7 Å². The summed E-state index contributed by atoms with van der Waals surface area (Å²) in [7, 11) is 0. The number of nitrogens with zero attached hydrogens (tertiary/aromatic N) is 2. The molecule has 0 saturated carbocycles. The van der Waals surface area contributed by atoms with Gasteiger partial charge in [0, 0.05) is 33.0 Å². The van der Waals surface area contributed by atoms with Gasteiger partial charge in [0.15, 0.2) is 0 Å². The van der Waals surface area contributed by atoms with E-state index >= 15 is 0 Å². The van der Waals surface area contributed by atoms with Crippen LogP contribution >= 0.6 is 22.9 Å². The van der Waals surface area contributed by atoms with Crippen LogP contribution in [0.4, 0.5) is 5.69 Å². The number of benzene rings is 1. The van der Waals surface area contributed by atoms with Crippen molar-refractivity contribution in [2.24, 2.45) is 0 Å². The van der Waals surface area contributed by atoms with Crippen LogP contribution < -0.4 is 5.32 Å². The molecule has 5 heteroatoms. The lowest BCUT2D eigenvalue weighted by Gasteiger charge is -2.05. The number of aryl methyl sites for hydroxylation is 2. The van der Waals surface area contributed by atoms with Crippen LogP contribution in [-0.4, -0.2) is 9.97 Å². The highest BCUT2D eigenvalue weighted by molar-refractivity contribution is 7.15. The fourth-order valence-electron chi connectivity index (χ4n) is 2.27. The molecule has 1 N–H and O–H groups in total. The van der Waals surface area contributed by atoms with E-state index < -0.39 is 0 Å².